The number of nitrogens with zero attached hydrogens (tertiary/aromatic N) is 2. The van der Waals surface area contributed by atoms with Gasteiger partial charge in [-0.2, -0.15) is 0 Å². The van der Waals surface area contributed by atoms with Crippen molar-refractivity contribution in [3.05, 3.63) is 65.7 Å². The molecule has 1 aliphatic rings. The van der Waals surface area contributed by atoms with Gasteiger partial charge >= 0.3 is 0 Å². The van der Waals surface area contributed by atoms with Crippen LogP contribution in [-0.2, 0) is 22.6 Å². The molecule has 0 unspecified atom stereocenters. The molecule has 172 valence electrons. The van der Waals surface area contributed by atoms with Crippen LogP contribution in [0.4, 0.5) is 5.69 Å². The number of para-hydroxylation sites is 1. The first-order chi connectivity index (χ1) is 15.5. The van der Waals surface area contributed by atoms with Gasteiger partial charge in [-0.1, -0.05) is 81.6 Å². The van der Waals surface area contributed by atoms with Crippen LogP contribution in [0.15, 0.2) is 54.6 Å². The van der Waals surface area contributed by atoms with E-state index in [1.54, 1.807) is 0 Å². The molecule has 0 fully saturated rings. The summed E-state index contributed by atoms with van der Waals surface area (Å²) in [6.07, 6.45) is 7.29. The molecule has 1 heterocycles. The van der Waals surface area contributed by atoms with Crippen molar-refractivity contribution in [2.75, 3.05) is 18.0 Å². The third-order valence-corrected chi connectivity index (χ3v) is 6.16. The van der Waals surface area contributed by atoms with Gasteiger partial charge in [-0.15, -0.1) is 0 Å². The molecule has 0 saturated heterocycles. The second-order valence-corrected chi connectivity index (χ2v) is 9.34. The summed E-state index contributed by atoms with van der Waals surface area (Å²) >= 11 is 0. The lowest BCUT2D eigenvalue weighted by Crippen LogP contribution is -2.36. The van der Waals surface area contributed by atoms with Gasteiger partial charge in [0, 0.05) is 38.2 Å². The maximum absolute atomic E-state index is 13.2. The Bertz CT molecular complexity index is 863. The summed E-state index contributed by atoms with van der Waals surface area (Å²) in [6, 6.07) is 18.4. The van der Waals surface area contributed by atoms with E-state index in [1.807, 2.05) is 46.2 Å². The maximum atomic E-state index is 13.2. The zero-order valence-corrected chi connectivity index (χ0v) is 19.8. The summed E-state index contributed by atoms with van der Waals surface area (Å²) < 4.78 is 0. The standard InChI is InChI=1S/C28H38N2O2/c1-23(2)21-28(32)30-20-12-5-3-4-11-19-29(22-25-15-9-10-16-26(25)30)27(31)18-17-24-13-7-6-8-14-24/h6-10,13-16,23H,3-5,11-12,17-22H2,1-2H3. The molecule has 0 aliphatic carbocycles. The summed E-state index contributed by atoms with van der Waals surface area (Å²) in [7, 11) is 0. The molecular formula is C28H38N2O2. The predicted molar refractivity (Wildman–Crippen MR) is 132 cm³/mol. The Morgan fingerprint density at radius 3 is 2.22 bits per heavy atom. The van der Waals surface area contributed by atoms with Crippen LogP contribution in [-0.4, -0.2) is 29.8 Å². The summed E-state index contributed by atoms with van der Waals surface area (Å²) in [4.78, 5) is 30.3. The first-order valence-electron chi connectivity index (χ1n) is 12.2. The van der Waals surface area contributed by atoms with Gasteiger partial charge in [-0.3, -0.25) is 9.59 Å². The Morgan fingerprint density at radius 1 is 0.812 bits per heavy atom. The van der Waals surface area contributed by atoms with Crippen molar-refractivity contribution in [2.45, 2.75) is 71.8 Å². The maximum Gasteiger partial charge on any atom is 0.227 e. The molecule has 4 heteroatoms. The highest BCUT2D eigenvalue weighted by Gasteiger charge is 2.22. The molecule has 0 radical (unpaired) electrons. The van der Waals surface area contributed by atoms with E-state index in [4.69, 9.17) is 0 Å². The number of rotatable bonds is 5. The van der Waals surface area contributed by atoms with Crippen LogP contribution in [0.1, 0.15) is 69.9 Å². The summed E-state index contributed by atoms with van der Waals surface area (Å²) in [5, 5.41) is 0. The first kappa shape index (κ1) is 24.0. The Balaban J connectivity index is 1.81. The average Bonchev–Trinajstić information content (AvgIpc) is 2.78. The molecule has 0 spiro atoms. The minimum atomic E-state index is 0.187. The van der Waals surface area contributed by atoms with E-state index < -0.39 is 0 Å². The molecule has 0 atom stereocenters. The van der Waals surface area contributed by atoms with Gasteiger partial charge in [0.05, 0.1) is 0 Å². The second kappa shape index (κ2) is 12.4. The van der Waals surface area contributed by atoms with Crippen LogP contribution >= 0.6 is 0 Å². The quantitative estimate of drug-likeness (QED) is 0.580. The molecule has 4 nitrogen and oxygen atoms in total. The van der Waals surface area contributed by atoms with Crippen molar-refractivity contribution in [1.29, 1.82) is 0 Å². The summed E-state index contributed by atoms with van der Waals surface area (Å²) in [5.41, 5.74) is 3.24. The minimum absolute atomic E-state index is 0.187. The highest BCUT2D eigenvalue weighted by molar-refractivity contribution is 5.94. The van der Waals surface area contributed by atoms with Crippen molar-refractivity contribution in [2.24, 2.45) is 5.92 Å². The van der Waals surface area contributed by atoms with Crippen molar-refractivity contribution in [1.82, 2.24) is 4.90 Å². The lowest BCUT2D eigenvalue weighted by molar-refractivity contribution is -0.131. The molecule has 0 bridgehead atoms. The Kier molecular flexibility index (Phi) is 9.33. The van der Waals surface area contributed by atoms with Crippen molar-refractivity contribution >= 4 is 17.5 Å². The Hall–Kier alpha value is -2.62. The highest BCUT2D eigenvalue weighted by Crippen LogP contribution is 2.26. The molecule has 0 saturated carbocycles. The zero-order chi connectivity index (χ0) is 22.8. The van der Waals surface area contributed by atoms with Gasteiger partial charge in [0.2, 0.25) is 11.8 Å². The number of hydrogen-bond acceptors (Lipinski definition) is 2. The highest BCUT2D eigenvalue weighted by atomic mass is 16.2. The lowest BCUT2D eigenvalue weighted by Gasteiger charge is -2.30. The molecule has 2 amide bonds. The topological polar surface area (TPSA) is 40.6 Å². The number of benzene rings is 2. The first-order valence-corrected chi connectivity index (χ1v) is 12.2. The molecule has 3 rings (SSSR count). The van der Waals surface area contributed by atoms with Crippen LogP contribution in [0.5, 0.6) is 0 Å². The molecule has 2 aromatic rings. The number of hydrogen-bond donors (Lipinski definition) is 0. The van der Waals surface area contributed by atoms with Crippen molar-refractivity contribution < 1.29 is 9.59 Å². The predicted octanol–water partition coefficient (Wildman–Crippen LogP) is 5.99. The lowest BCUT2D eigenvalue weighted by atomic mass is 10.0. The van der Waals surface area contributed by atoms with Gasteiger partial charge < -0.3 is 9.80 Å². The number of fused-ring (bicyclic) bond motifs is 1. The zero-order valence-electron chi connectivity index (χ0n) is 19.8. The SMILES string of the molecule is CC(C)CC(=O)N1CCCCCCCN(C(=O)CCc2ccccc2)Cc2ccccc21. The van der Waals surface area contributed by atoms with Crippen molar-refractivity contribution in [3.8, 4) is 0 Å². The van der Waals surface area contributed by atoms with Crippen LogP contribution < -0.4 is 4.90 Å². The Morgan fingerprint density at radius 2 is 1.47 bits per heavy atom. The normalized spacial score (nSPS) is 15.6. The van der Waals surface area contributed by atoms with E-state index in [2.05, 4.69) is 32.0 Å². The molecule has 0 aromatic heterocycles. The fourth-order valence-electron chi connectivity index (χ4n) is 4.40. The summed E-state index contributed by atoms with van der Waals surface area (Å²) in [6.45, 7) is 6.28. The van der Waals surface area contributed by atoms with E-state index in [-0.39, 0.29) is 11.8 Å². The van der Waals surface area contributed by atoms with Crippen LogP contribution in [0.2, 0.25) is 0 Å². The van der Waals surface area contributed by atoms with E-state index in [0.29, 0.717) is 25.3 Å². The third-order valence-electron chi connectivity index (χ3n) is 6.16. The van der Waals surface area contributed by atoms with Gasteiger partial charge in [0.1, 0.15) is 0 Å². The van der Waals surface area contributed by atoms with Crippen LogP contribution in [0, 0.1) is 5.92 Å². The molecular weight excluding hydrogens is 396 g/mol. The molecule has 32 heavy (non-hydrogen) atoms. The minimum Gasteiger partial charge on any atom is -0.338 e. The van der Waals surface area contributed by atoms with E-state index in [1.165, 1.54) is 5.56 Å². The molecule has 1 aliphatic heterocycles. The fraction of sp³-hybridized carbons (Fsp3) is 0.500. The van der Waals surface area contributed by atoms with E-state index in [9.17, 15) is 9.59 Å². The largest absolute Gasteiger partial charge is 0.338 e. The third kappa shape index (κ3) is 7.22. The van der Waals surface area contributed by atoms with Gasteiger partial charge in [-0.25, -0.2) is 0 Å². The molecule has 0 N–H and O–H groups in total. The molecule has 2 aromatic carbocycles. The van der Waals surface area contributed by atoms with Crippen LogP contribution in [0.3, 0.4) is 0 Å². The van der Waals surface area contributed by atoms with E-state index in [0.717, 1.165) is 62.9 Å². The van der Waals surface area contributed by atoms with E-state index >= 15 is 0 Å². The fourth-order valence-corrected chi connectivity index (χ4v) is 4.40. The monoisotopic (exact) mass is 434 g/mol. The summed E-state index contributed by atoms with van der Waals surface area (Å²) in [5.74, 6) is 0.708. The number of carbonyl (C=O) groups excluding carboxylic acids is 2. The number of aryl methyl sites for hydroxylation is 1. The van der Waals surface area contributed by atoms with Gasteiger partial charge in [0.15, 0.2) is 0 Å². The van der Waals surface area contributed by atoms with Crippen molar-refractivity contribution in [3.63, 3.8) is 0 Å². The van der Waals surface area contributed by atoms with Crippen LogP contribution in [0.25, 0.3) is 0 Å². The second-order valence-electron chi connectivity index (χ2n) is 9.34. The Labute approximate surface area is 193 Å². The van der Waals surface area contributed by atoms with Gasteiger partial charge in [-0.05, 0) is 42.4 Å². The number of amides is 2. The smallest absolute Gasteiger partial charge is 0.227 e. The number of carbonyl (C=O) groups is 2. The van der Waals surface area contributed by atoms with Gasteiger partial charge in [0.25, 0.3) is 0 Å². The average molecular weight is 435 g/mol. The number of anilines is 1.